The smallest absolute Gasteiger partial charge is 0.164 e. The summed E-state index contributed by atoms with van der Waals surface area (Å²) in [5, 5.41) is 0.603. The lowest BCUT2D eigenvalue weighted by atomic mass is 10.1. The van der Waals surface area contributed by atoms with Gasteiger partial charge in [0.25, 0.3) is 0 Å². The van der Waals surface area contributed by atoms with Crippen molar-refractivity contribution < 1.29 is 4.79 Å². The molecule has 0 unspecified atom stereocenters. The van der Waals surface area contributed by atoms with Crippen LogP contribution in [0.2, 0.25) is 5.02 Å². The number of hydrogen-bond acceptors (Lipinski definition) is 2. The first-order valence-electron chi connectivity index (χ1n) is 6.79. The van der Waals surface area contributed by atoms with Gasteiger partial charge in [0.2, 0.25) is 0 Å². The molecule has 20 heavy (non-hydrogen) atoms. The van der Waals surface area contributed by atoms with E-state index in [0.29, 0.717) is 23.6 Å². The maximum atomic E-state index is 12.2. The van der Waals surface area contributed by atoms with Gasteiger partial charge in [-0.1, -0.05) is 41.9 Å². The summed E-state index contributed by atoms with van der Waals surface area (Å²) in [6.45, 7) is 3.69. The first-order chi connectivity index (χ1) is 9.70. The van der Waals surface area contributed by atoms with E-state index in [1.165, 1.54) is 0 Å². The molecule has 0 saturated carbocycles. The number of carbonyl (C=O) groups excluding carboxylic acids is 1. The quantitative estimate of drug-likeness (QED) is 0.732. The molecule has 2 rings (SSSR count). The van der Waals surface area contributed by atoms with Crippen molar-refractivity contribution in [3.63, 3.8) is 0 Å². The molecule has 3 heteroatoms. The van der Waals surface area contributed by atoms with Crippen molar-refractivity contribution in [2.24, 2.45) is 0 Å². The van der Waals surface area contributed by atoms with Crippen molar-refractivity contribution in [2.75, 3.05) is 18.0 Å². The summed E-state index contributed by atoms with van der Waals surface area (Å²) >= 11 is 5.91. The number of para-hydroxylation sites is 1. The third-order valence-corrected chi connectivity index (χ3v) is 3.49. The number of ketones is 1. The highest BCUT2D eigenvalue weighted by Crippen LogP contribution is 2.15. The predicted molar refractivity (Wildman–Crippen MR) is 84.7 cm³/mol. The molecule has 0 fully saturated rings. The highest BCUT2D eigenvalue weighted by Gasteiger charge is 2.09. The Bertz CT molecular complexity index is 568. The lowest BCUT2D eigenvalue weighted by Gasteiger charge is -2.22. The Hall–Kier alpha value is -1.80. The molecule has 2 aromatic carbocycles. The van der Waals surface area contributed by atoms with Crippen LogP contribution in [0.3, 0.4) is 0 Å². The number of anilines is 1. The maximum absolute atomic E-state index is 12.2. The van der Waals surface area contributed by atoms with Gasteiger partial charge < -0.3 is 4.90 Å². The number of nitrogens with zero attached hydrogens (tertiary/aromatic N) is 1. The van der Waals surface area contributed by atoms with Gasteiger partial charge in [-0.05, 0) is 31.2 Å². The Morgan fingerprint density at radius 3 is 2.50 bits per heavy atom. The maximum Gasteiger partial charge on any atom is 0.164 e. The van der Waals surface area contributed by atoms with Crippen LogP contribution in [-0.2, 0) is 0 Å². The molecular formula is C17H18ClNO. The van der Waals surface area contributed by atoms with Gasteiger partial charge in [0.15, 0.2) is 5.78 Å². The molecule has 0 saturated heterocycles. The van der Waals surface area contributed by atoms with E-state index in [0.717, 1.165) is 12.2 Å². The largest absolute Gasteiger partial charge is 0.371 e. The van der Waals surface area contributed by atoms with E-state index in [1.807, 2.05) is 30.3 Å². The Balaban J connectivity index is 1.98. The van der Waals surface area contributed by atoms with Gasteiger partial charge in [-0.2, -0.15) is 0 Å². The van der Waals surface area contributed by atoms with Crippen molar-refractivity contribution in [1.82, 2.24) is 0 Å². The summed E-state index contributed by atoms with van der Waals surface area (Å²) in [4.78, 5) is 14.4. The lowest BCUT2D eigenvalue weighted by Crippen LogP contribution is -2.25. The summed E-state index contributed by atoms with van der Waals surface area (Å²) in [6, 6.07) is 17.3. The molecule has 0 aromatic heterocycles. The first kappa shape index (κ1) is 14.6. The molecule has 0 radical (unpaired) electrons. The van der Waals surface area contributed by atoms with E-state index in [9.17, 15) is 4.79 Å². The van der Waals surface area contributed by atoms with E-state index >= 15 is 0 Å². The van der Waals surface area contributed by atoms with Crippen LogP contribution in [0.1, 0.15) is 23.7 Å². The monoisotopic (exact) mass is 287 g/mol. The topological polar surface area (TPSA) is 20.3 Å². The van der Waals surface area contributed by atoms with Gasteiger partial charge in [0, 0.05) is 35.8 Å². The minimum Gasteiger partial charge on any atom is -0.371 e. The number of carbonyl (C=O) groups is 1. The van der Waals surface area contributed by atoms with Crippen LogP contribution in [0.5, 0.6) is 0 Å². The number of benzene rings is 2. The fourth-order valence-corrected chi connectivity index (χ4v) is 2.34. The van der Waals surface area contributed by atoms with Gasteiger partial charge >= 0.3 is 0 Å². The van der Waals surface area contributed by atoms with Crippen molar-refractivity contribution in [1.29, 1.82) is 0 Å². The zero-order valence-corrected chi connectivity index (χ0v) is 12.3. The molecule has 0 bridgehead atoms. The second kappa shape index (κ2) is 7.11. The standard InChI is InChI=1S/C17H18ClNO/c1-2-19(16-9-4-3-5-10-16)12-11-17(20)14-7-6-8-15(18)13-14/h3-10,13H,2,11-12H2,1H3. The van der Waals surface area contributed by atoms with Crippen LogP contribution in [0.15, 0.2) is 54.6 Å². The van der Waals surface area contributed by atoms with Gasteiger partial charge in [0.1, 0.15) is 0 Å². The molecule has 2 aromatic rings. The molecule has 0 aliphatic heterocycles. The lowest BCUT2D eigenvalue weighted by molar-refractivity contribution is 0.0984. The molecule has 0 atom stereocenters. The van der Waals surface area contributed by atoms with E-state index in [1.54, 1.807) is 12.1 Å². The van der Waals surface area contributed by atoms with Crippen LogP contribution in [-0.4, -0.2) is 18.9 Å². The SMILES string of the molecule is CCN(CCC(=O)c1cccc(Cl)c1)c1ccccc1. The normalized spacial score (nSPS) is 10.3. The molecule has 0 N–H and O–H groups in total. The zero-order valence-electron chi connectivity index (χ0n) is 11.6. The fraction of sp³-hybridized carbons (Fsp3) is 0.235. The molecule has 0 aliphatic rings. The molecule has 0 aliphatic carbocycles. The van der Waals surface area contributed by atoms with Crippen molar-refractivity contribution in [2.45, 2.75) is 13.3 Å². The van der Waals surface area contributed by atoms with Crippen molar-refractivity contribution in [3.05, 3.63) is 65.2 Å². The Morgan fingerprint density at radius 1 is 1.10 bits per heavy atom. The Labute approximate surface area is 125 Å². The van der Waals surface area contributed by atoms with Crippen LogP contribution in [0.25, 0.3) is 0 Å². The summed E-state index contributed by atoms with van der Waals surface area (Å²) in [7, 11) is 0. The Morgan fingerprint density at radius 2 is 1.85 bits per heavy atom. The Kier molecular flexibility index (Phi) is 5.19. The second-order valence-corrected chi connectivity index (χ2v) is 5.04. The minimum atomic E-state index is 0.127. The third-order valence-electron chi connectivity index (χ3n) is 3.26. The fourth-order valence-electron chi connectivity index (χ4n) is 2.15. The molecule has 0 spiro atoms. The van der Waals surface area contributed by atoms with Crippen LogP contribution < -0.4 is 4.90 Å². The summed E-state index contributed by atoms with van der Waals surface area (Å²) in [5.41, 5.74) is 1.83. The van der Waals surface area contributed by atoms with Gasteiger partial charge in [0.05, 0.1) is 0 Å². The second-order valence-electron chi connectivity index (χ2n) is 4.60. The van der Waals surface area contributed by atoms with E-state index < -0.39 is 0 Å². The predicted octanol–water partition coefficient (Wildman–Crippen LogP) is 4.44. The van der Waals surface area contributed by atoms with Crippen molar-refractivity contribution >= 4 is 23.1 Å². The molecule has 0 amide bonds. The number of Topliss-reactive ketones (excluding diaryl/α,β-unsaturated/α-hetero) is 1. The van der Waals surface area contributed by atoms with E-state index in [2.05, 4.69) is 24.0 Å². The first-order valence-corrected chi connectivity index (χ1v) is 7.17. The summed E-state index contributed by atoms with van der Waals surface area (Å²) in [5.74, 6) is 0.127. The van der Waals surface area contributed by atoms with Crippen molar-refractivity contribution in [3.8, 4) is 0 Å². The van der Waals surface area contributed by atoms with Crippen LogP contribution >= 0.6 is 11.6 Å². The molecular weight excluding hydrogens is 270 g/mol. The van der Waals surface area contributed by atoms with E-state index in [-0.39, 0.29) is 5.78 Å². The van der Waals surface area contributed by atoms with Gasteiger partial charge in [-0.15, -0.1) is 0 Å². The average molecular weight is 288 g/mol. The summed E-state index contributed by atoms with van der Waals surface area (Å²) in [6.07, 6.45) is 0.489. The van der Waals surface area contributed by atoms with Crippen LogP contribution in [0.4, 0.5) is 5.69 Å². The number of rotatable bonds is 6. The molecule has 2 nitrogen and oxygen atoms in total. The highest BCUT2D eigenvalue weighted by molar-refractivity contribution is 6.31. The van der Waals surface area contributed by atoms with Gasteiger partial charge in [-0.25, -0.2) is 0 Å². The molecule has 104 valence electrons. The highest BCUT2D eigenvalue weighted by atomic mass is 35.5. The minimum absolute atomic E-state index is 0.127. The van der Waals surface area contributed by atoms with Gasteiger partial charge in [-0.3, -0.25) is 4.79 Å². The van der Waals surface area contributed by atoms with Crippen LogP contribution in [0, 0.1) is 0 Å². The summed E-state index contributed by atoms with van der Waals surface area (Å²) < 4.78 is 0. The van der Waals surface area contributed by atoms with E-state index in [4.69, 9.17) is 11.6 Å². The molecule has 0 heterocycles. The average Bonchev–Trinajstić information content (AvgIpc) is 2.49. The number of hydrogen-bond donors (Lipinski definition) is 0. The third kappa shape index (κ3) is 3.84. The zero-order chi connectivity index (χ0) is 14.4. The number of halogens is 1.